The molecule has 2 rings (SSSR count). The van der Waals surface area contributed by atoms with Crippen LogP contribution in [0.5, 0.6) is 0 Å². The van der Waals surface area contributed by atoms with Gasteiger partial charge in [0.25, 0.3) is 0 Å². The van der Waals surface area contributed by atoms with E-state index in [0.29, 0.717) is 17.1 Å². The van der Waals surface area contributed by atoms with E-state index in [4.69, 9.17) is 8.83 Å². The Kier molecular flexibility index (Phi) is 4.41. The number of sulfonamides is 1. The van der Waals surface area contributed by atoms with Crippen LogP contribution in [-0.2, 0) is 10.0 Å². The summed E-state index contributed by atoms with van der Waals surface area (Å²) in [5.74, 6) is 0.0298. The van der Waals surface area contributed by atoms with E-state index in [9.17, 15) is 18.3 Å². The highest BCUT2D eigenvalue weighted by Gasteiger charge is 2.32. The molecular formula is C15H19NO6S. The molecule has 0 aliphatic heterocycles. The Labute approximate surface area is 134 Å². The number of aryl methyl sites for hydroxylation is 4. The molecule has 0 aliphatic rings. The fourth-order valence-corrected chi connectivity index (χ4v) is 4.30. The van der Waals surface area contributed by atoms with Gasteiger partial charge in [0.15, 0.2) is 0 Å². The SMILES string of the molecule is Cc1cc(C(C)NS(=O)(=O)c2c(C)oc(C)c2C(=O)O)c(C)o1. The Morgan fingerprint density at radius 1 is 1.13 bits per heavy atom. The maximum absolute atomic E-state index is 12.6. The largest absolute Gasteiger partial charge is 0.478 e. The minimum atomic E-state index is -4.07. The Morgan fingerprint density at radius 2 is 1.74 bits per heavy atom. The molecule has 0 aromatic carbocycles. The van der Waals surface area contributed by atoms with E-state index in [-0.39, 0.29) is 22.0 Å². The Hall–Kier alpha value is -2.06. The first kappa shape index (κ1) is 17.3. The van der Waals surface area contributed by atoms with E-state index in [1.54, 1.807) is 26.8 Å². The minimum Gasteiger partial charge on any atom is -0.478 e. The predicted octanol–water partition coefficient (Wildman–Crippen LogP) is 2.84. The number of carbonyl (C=O) groups is 1. The summed E-state index contributed by atoms with van der Waals surface area (Å²) in [6, 6.07) is 1.17. The average Bonchev–Trinajstić information content (AvgIpc) is 2.88. The van der Waals surface area contributed by atoms with Crippen LogP contribution in [0, 0.1) is 27.7 Å². The Bertz CT molecular complexity index is 859. The Morgan fingerprint density at radius 3 is 2.22 bits per heavy atom. The zero-order chi connectivity index (χ0) is 17.5. The molecule has 0 radical (unpaired) electrons. The lowest BCUT2D eigenvalue weighted by Gasteiger charge is -2.13. The quantitative estimate of drug-likeness (QED) is 0.865. The second kappa shape index (κ2) is 5.86. The first-order valence-corrected chi connectivity index (χ1v) is 8.45. The molecule has 126 valence electrons. The second-order valence-electron chi connectivity index (χ2n) is 5.44. The van der Waals surface area contributed by atoms with Gasteiger partial charge < -0.3 is 13.9 Å². The first-order valence-electron chi connectivity index (χ1n) is 6.97. The zero-order valence-electron chi connectivity index (χ0n) is 13.6. The smallest absolute Gasteiger partial charge is 0.340 e. The van der Waals surface area contributed by atoms with Crippen molar-refractivity contribution in [2.75, 3.05) is 0 Å². The first-order chi connectivity index (χ1) is 10.5. The predicted molar refractivity (Wildman–Crippen MR) is 82.1 cm³/mol. The number of nitrogens with one attached hydrogen (secondary N) is 1. The molecule has 0 spiro atoms. The summed E-state index contributed by atoms with van der Waals surface area (Å²) < 4.78 is 38.3. The van der Waals surface area contributed by atoms with Crippen LogP contribution in [0.1, 0.15) is 51.9 Å². The summed E-state index contributed by atoms with van der Waals surface area (Å²) >= 11 is 0. The lowest BCUT2D eigenvalue weighted by Crippen LogP contribution is -2.28. The maximum atomic E-state index is 12.6. The van der Waals surface area contributed by atoms with Crippen molar-refractivity contribution in [3.05, 3.63) is 40.2 Å². The fourth-order valence-electron chi connectivity index (χ4n) is 2.67. The molecule has 0 saturated carbocycles. The van der Waals surface area contributed by atoms with Gasteiger partial charge >= 0.3 is 5.97 Å². The third-order valence-corrected chi connectivity index (χ3v) is 5.26. The van der Waals surface area contributed by atoms with E-state index in [1.807, 2.05) is 0 Å². The standard InChI is InChI=1S/C15H19NO6S/c1-7-6-12(9(3)21-7)8(2)16-23(19,20)14-11(5)22-10(4)13(14)15(17)18/h6,8,16H,1-5H3,(H,17,18). The third kappa shape index (κ3) is 3.18. The van der Waals surface area contributed by atoms with Gasteiger partial charge in [0.05, 0.1) is 0 Å². The molecule has 1 atom stereocenters. The lowest BCUT2D eigenvalue weighted by molar-refractivity contribution is 0.0691. The number of hydrogen-bond donors (Lipinski definition) is 2. The van der Waals surface area contributed by atoms with Crippen molar-refractivity contribution in [1.29, 1.82) is 0 Å². The summed E-state index contributed by atoms with van der Waals surface area (Å²) in [7, 11) is -4.07. The van der Waals surface area contributed by atoms with Crippen molar-refractivity contribution in [3.8, 4) is 0 Å². The molecule has 2 aromatic rings. The Balaban J connectivity index is 2.44. The number of hydrogen-bond acceptors (Lipinski definition) is 5. The number of furan rings is 2. The van der Waals surface area contributed by atoms with Gasteiger partial charge in [0, 0.05) is 11.6 Å². The van der Waals surface area contributed by atoms with Crippen LogP contribution in [0.4, 0.5) is 0 Å². The van der Waals surface area contributed by atoms with Crippen LogP contribution in [-0.4, -0.2) is 19.5 Å². The van der Waals surface area contributed by atoms with Crippen molar-refractivity contribution in [3.63, 3.8) is 0 Å². The lowest BCUT2D eigenvalue weighted by atomic mass is 10.1. The monoisotopic (exact) mass is 341 g/mol. The number of carboxylic acid groups (broad SMARTS) is 1. The van der Waals surface area contributed by atoms with E-state index < -0.39 is 22.0 Å². The summed E-state index contributed by atoms with van der Waals surface area (Å²) in [5, 5.41) is 9.25. The van der Waals surface area contributed by atoms with Gasteiger partial charge in [-0.05, 0) is 40.7 Å². The summed E-state index contributed by atoms with van der Waals surface area (Å²) in [4.78, 5) is 11.0. The molecule has 2 aromatic heterocycles. The van der Waals surface area contributed by atoms with Gasteiger partial charge in [-0.15, -0.1) is 0 Å². The highest BCUT2D eigenvalue weighted by atomic mass is 32.2. The normalized spacial score (nSPS) is 13.3. The molecular weight excluding hydrogens is 322 g/mol. The van der Waals surface area contributed by atoms with Crippen LogP contribution in [0.2, 0.25) is 0 Å². The third-order valence-electron chi connectivity index (χ3n) is 3.57. The van der Waals surface area contributed by atoms with E-state index in [1.165, 1.54) is 13.8 Å². The summed E-state index contributed by atoms with van der Waals surface area (Å²) in [6.07, 6.45) is 0. The van der Waals surface area contributed by atoms with E-state index in [0.717, 1.165) is 0 Å². The van der Waals surface area contributed by atoms with Gasteiger partial charge in [-0.3, -0.25) is 0 Å². The molecule has 7 nitrogen and oxygen atoms in total. The number of rotatable bonds is 5. The van der Waals surface area contributed by atoms with Crippen LogP contribution in [0.3, 0.4) is 0 Å². The molecule has 2 N–H and O–H groups in total. The van der Waals surface area contributed by atoms with Gasteiger partial charge in [0.2, 0.25) is 10.0 Å². The summed E-state index contributed by atoms with van der Waals surface area (Å²) in [5.41, 5.74) is 0.350. The highest BCUT2D eigenvalue weighted by Crippen LogP contribution is 2.29. The molecule has 23 heavy (non-hydrogen) atoms. The molecule has 0 aliphatic carbocycles. The second-order valence-corrected chi connectivity index (χ2v) is 7.09. The molecule has 0 saturated heterocycles. The van der Waals surface area contributed by atoms with Gasteiger partial charge in [-0.2, -0.15) is 0 Å². The molecule has 2 heterocycles. The van der Waals surface area contributed by atoms with Gasteiger partial charge in [-0.1, -0.05) is 0 Å². The van der Waals surface area contributed by atoms with Crippen LogP contribution >= 0.6 is 0 Å². The highest BCUT2D eigenvalue weighted by molar-refractivity contribution is 7.89. The van der Waals surface area contributed by atoms with E-state index >= 15 is 0 Å². The number of carboxylic acids is 1. The topological polar surface area (TPSA) is 110 Å². The van der Waals surface area contributed by atoms with E-state index in [2.05, 4.69) is 4.72 Å². The van der Waals surface area contributed by atoms with Crippen molar-refractivity contribution in [1.82, 2.24) is 4.72 Å². The zero-order valence-corrected chi connectivity index (χ0v) is 14.4. The van der Waals surface area contributed by atoms with Crippen molar-refractivity contribution in [2.24, 2.45) is 0 Å². The average molecular weight is 341 g/mol. The molecule has 0 bridgehead atoms. The molecule has 0 amide bonds. The maximum Gasteiger partial charge on any atom is 0.340 e. The van der Waals surface area contributed by atoms with Crippen molar-refractivity contribution < 1.29 is 27.2 Å². The van der Waals surface area contributed by atoms with Gasteiger partial charge in [-0.25, -0.2) is 17.9 Å². The van der Waals surface area contributed by atoms with Crippen LogP contribution in [0.15, 0.2) is 19.8 Å². The fraction of sp³-hybridized carbons (Fsp3) is 0.400. The number of aromatic carboxylic acids is 1. The summed E-state index contributed by atoms with van der Waals surface area (Å²) in [6.45, 7) is 8.01. The van der Waals surface area contributed by atoms with Crippen LogP contribution < -0.4 is 4.72 Å². The minimum absolute atomic E-state index is 0.0414. The van der Waals surface area contributed by atoms with Crippen LogP contribution in [0.25, 0.3) is 0 Å². The van der Waals surface area contributed by atoms with Crippen molar-refractivity contribution >= 4 is 16.0 Å². The molecule has 8 heteroatoms. The molecule has 0 fully saturated rings. The van der Waals surface area contributed by atoms with Crippen molar-refractivity contribution in [2.45, 2.75) is 45.6 Å². The molecule has 1 unspecified atom stereocenters. The van der Waals surface area contributed by atoms with Gasteiger partial charge in [0.1, 0.15) is 33.5 Å².